The summed E-state index contributed by atoms with van der Waals surface area (Å²) in [4.78, 5) is 0.397. The molecule has 0 saturated heterocycles. The Bertz CT molecular complexity index is 352. The third-order valence-corrected chi connectivity index (χ3v) is 4.07. The van der Waals surface area contributed by atoms with Gasteiger partial charge in [-0.15, -0.1) is 0 Å². The molecule has 0 aromatic heterocycles. The third-order valence-electron chi connectivity index (χ3n) is 3.08. The normalized spacial score (nSPS) is 12.2. The number of rotatable bonds is 8. The van der Waals surface area contributed by atoms with Crippen LogP contribution in [0.4, 0.5) is 0 Å². The zero-order valence-electron chi connectivity index (χ0n) is 11.5. The van der Waals surface area contributed by atoms with Crippen molar-refractivity contribution in [3.05, 3.63) is 23.8 Å². The standard InChI is InChI=1S/C15H23BrO2/c1-4-5-6-7-8-13(16)12-9-10-14(17-2)15(11-12)18-3/h9-11,13H,4-8H2,1-3H3. The molecule has 0 aliphatic rings. The largest absolute Gasteiger partial charge is 0.493 e. The van der Waals surface area contributed by atoms with Gasteiger partial charge in [-0.3, -0.25) is 0 Å². The van der Waals surface area contributed by atoms with Crippen LogP contribution in [0.1, 0.15) is 49.4 Å². The van der Waals surface area contributed by atoms with Crippen molar-refractivity contribution in [3.8, 4) is 11.5 Å². The summed E-state index contributed by atoms with van der Waals surface area (Å²) < 4.78 is 10.6. The Morgan fingerprint density at radius 2 is 1.78 bits per heavy atom. The van der Waals surface area contributed by atoms with E-state index in [1.165, 1.54) is 31.2 Å². The fourth-order valence-corrected chi connectivity index (χ4v) is 2.57. The van der Waals surface area contributed by atoms with Crippen molar-refractivity contribution in [2.45, 2.75) is 43.9 Å². The summed E-state index contributed by atoms with van der Waals surface area (Å²) >= 11 is 3.75. The predicted octanol–water partition coefficient (Wildman–Crippen LogP) is 5.11. The minimum absolute atomic E-state index is 0.397. The van der Waals surface area contributed by atoms with E-state index in [0.29, 0.717) is 4.83 Å². The second-order valence-corrected chi connectivity index (χ2v) is 5.54. The molecule has 1 atom stereocenters. The molecule has 0 aliphatic heterocycles. The summed E-state index contributed by atoms with van der Waals surface area (Å²) in [5, 5.41) is 0. The Morgan fingerprint density at radius 3 is 2.39 bits per heavy atom. The number of hydrogen-bond acceptors (Lipinski definition) is 2. The van der Waals surface area contributed by atoms with Gasteiger partial charge >= 0.3 is 0 Å². The van der Waals surface area contributed by atoms with Crippen molar-refractivity contribution in [2.75, 3.05) is 14.2 Å². The van der Waals surface area contributed by atoms with E-state index in [4.69, 9.17) is 9.47 Å². The molecule has 102 valence electrons. The van der Waals surface area contributed by atoms with E-state index >= 15 is 0 Å². The van der Waals surface area contributed by atoms with Crippen LogP contribution < -0.4 is 9.47 Å². The Morgan fingerprint density at radius 1 is 1.06 bits per heavy atom. The summed E-state index contributed by atoms with van der Waals surface area (Å²) in [6, 6.07) is 6.12. The second-order valence-electron chi connectivity index (χ2n) is 4.43. The lowest BCUT2D eigenvalue weighted by molar-refractivity contribution is 0.354. The number of methoxy groups -OCH3 is 2. The van der Waals surface area contributed by atoms with Crippen LogP contribution in [-0.2, 0) is 0 Å². The van der Waals surface area contributed by atoms with Crippen LogP contribution in [0.3, 0.4) is 0 Å². The summed E-state index contributed by atoms with van der Waals surface area (Å²) in [6.07, 6.45) is 6.34. The van der Waals surface area contributed by atoms with Gasteiger partial charge in [0.15, 0.2) is 11.5 Å². The lowest BCUT2D eigenvalue weighted by atomic mass is 10.0. The number of benzene rings is 1. The highest BCUT2D eigenvalue weighted by atomic mass is 79.9. The Hall–Kier alpha value is -0.700. The molecule has 0 bridgehead atoms. The molecule has 3 heteroatoms. The lowest BCUT2D eigenvalue weighted by Gasteiger charge is -2.13. The van der Waals surface area contributed by atoms with Crippen LogP contribution in [0.25, 0.3) is 0 Å². The van der Waals surface area contributed by atoms with Crippen molar-refractivity contribution in [1.29, 1.82) is 0 Å². The quantitative estimate of drug-likeness (QED) is 0.490. The number of ether oxygens (including phenoxy) is 2. The van der Waals surface area contributed by atoms with Gasteiger partial charge in [-0.05, 0) is 24.1 Å². The molecule has 0 radical (unpaired) electrons. The zero-order valence-corrected chi connectivity index (χ0v) is 13.1. The Labute approximate surface area is 119 Å². The van der Waals surface area contributed by atoms with Crippen LogP contribution in [-0.4, -0.2) is 14.2 Å². The van der Waals surface area contributed by atoms with Crippen LogP contribution >= 0.6 is 15.9 Å². The minimum Gasteiger partial charge on any atom is -0.493 e. The number of hydrogen-bond donors (Lipinski definition) is 0. The second kappa shape index (κ2) is 8.41. The van der Waals surface area contributed by atoms with Crippen molar-refractivity contribution in [1.82, 2.24) is 0 Å². The molecule has 0 spiro atoms. The molecular formula is C15H23BrO2. The first-order chi connectivity index (χ1) is 8.72. The predicted molar refractivity (Wildman–Crippen MR) is 80.0 cm³/mol. The van der Waals surface area contributed by atoms with Crippen LogP contribution in [0.2, 0.25) is 0 Å². The number of alkyl halides is 1. The zero-order chi connectivity index (χ0) is 13.4. The van der Waals surface area contributed by atoms with Gasteiger partial charge < -0.3 is 9.47 Å². The van der Waals surface area contributed by atoms with Crippen molar-refractivity contribution < 1.29 is 9.47 Å². The van der Waals surface area contributed by atoms with Crippen molar-refractivity contribution in [2.24, 2.45) is 0 Å². The van der Waals surface area contributed by atoms with Gasteiger partial charge in [0.2, 0.25) is 0 Å². The van der Waals surface area contributed by atoms with Crippen molar-refractivity contribution >= 4 is 15.9 Å². The summed E-state index contributed by atoms with van der Waals surface area (Å²) in [7, 11) is 3.33. The monoisotopic (exact) mass is 314 g/mol. The average Bonchev–Trinajstić information content (AvgIpc) is 2.42. The van der Waals surface area contributed by atoms with E-state index in [2.05, 4.69) is 35.0 Å². The van der Waals surface area contributed by atoms with E-state index in [1.807, 2.05) is 6.07 Å². The number of unbranched alkanes of at least 4 members (excludes halogenated alkanes) is 3. The first-order valence-electron chi connectivity index (χ1n) is 6.59. The molecular weight excluding hydrogens is 292 g/mol. The van der Waals surface area contributed by atoms with Gasteiger partial charge in [0.1, 0.15) is 0 Å². The van der Waals surface area contributed by atoms with Gasteiger partial charge in [-0.25, -0.2) is 0 Å². The lowest BCUT2D eigenvalue weighted by Crippen LogP contribution is -1.95. The highest BCUT2D eigenvalue weighted by Gasteiger charge is 2.11. The first-order valence-corrected chi connectivity index (χ1v) is 7.50. The topological polar surface area (TPSA) is 18.5 Å². The molecule has 1 unspecified atom stereocenters. The van der Waals surface area contributed by atoms with Crippen LogP contribution in [0, 0.1) is 0 Å². The first kappa shape index (κ1) is 15.4. The summed E-state index contributed by atoms with van der Waals surface area (Å²) in [5.41, 5.74) is 1.25. The van der Waals surface area contributed by atoms with E-state index in [0.717, 1.165) is 17.9 Å². The molecule has 0 heterocycles. The molecule has 18 heavy (non-hydrogen) atoms. The highest BCUT2D eigenvalue weighted by molar-refractivity contribution is 9.09. The molecule has 1 aromatic carbocycles. The van der Waals surface area contributed by atoms with Gasteiger partial charge in [0.25, 0.3) is 0 Å². The number of halogens is 1. The molecule has 0 N–H and O–H groups in total. The molecule has 0 amide bonds. The molecule has 1 rings (SSSR count). The van der Waals surface area contributed by atoms with E-state index < -0.39 is 0 Å². The highest BCUT2D eigenvalue weighted by Crippen LogP contribution is 2.35. The van der Waals surface area contributed by atoms with E-state index in [9.17, 15) is 0 Å². The third kappa shape index (κ3) is 4.52. The van der Waals surface area contributed by atoms with E-state index in [1.54, 1.807) is 14.2 Å². The minimum atomic E-state index is 0.397. The van der Waals surface area contributed by atoms with Gasteiger partial charge in [0, 0.05) is 4.83 Å². The SMILES string of the molecule is CCCCCCC(Br)c1ccc(OC)c(OC)c1. The summed E-state index contributed by atoms with van der Waals surface area (Å²) in [5.74, 6) is 1.58. The molecule has 0 aliphatic carbocycles. The van der Waals surface area contributed by atoms with Crippen molar-refractivity contribution in [3.63, 3.8) is 0 Å². The molecule has 0 saturated carbocycles. The molecule has 1 aromatic rings. The van der Waals surface area contributed by atoms with Gasteiger partial charge in [0.05, 0.1) is 14.2 Å². The van der Waals surface area contributed by atoms with Gasteiger partial charge in [-0.2, -0.15) is 0 Å². The maximum absolute atomic E-state index is 5.32. The van der Waals surface area contributed by atoms with Gasteiger partial charge in [-0.1, -0.05) is 54.6 Å². The smallest absolute Gasteiger partial charge is 0.161 e. The molecule has 2 nitrogen and oxygen atoms in total. The van der Waals surface area contributed by atoms with E-state index in [-0.39, 0.29) is 0 Å². The Balaban J connectivity index is 2.59. The maximum atomic E-state index is 5.32. The van der Waals surface area contributed by atoms with Crippen LogP contribution in [0.15, 0.2) is 18.2 Å². The average molecular weight is 315 g/mol. The maximum Gasteiger partial charge on any atom is 0.161 e. The Kier molecular flexibility index (Phi) is 7.18. The fraction of sp³-hybridized carbons (Fsp3) is 0.600. The fourth-order valence-electron chi connectivity index (χ4n) is 1.96. The van der Waals surface area contributed by atoms with Crippen LogP contribution in [0.5, 0.6) is 11.5 Å². The molecule has 0 fully saturated rings. The summed E-state index contributed by atoms with van der Waals surface area (Å²) in [6.45, 7) is 2.24.